The van der Waals surface area contributed by atoms with Crippen LogP contribution in [-0.2, 0) is 4.79 Å². The summed E-state index contributed by atoms with van der Waals surface area (Å²) in [6.45, 7) is 7.33. The molecule has 2 N–H and O–H groups in total. The van der Waals surface area contributed by atoms with Crippen LogP contribution in [0.3, 0.4) is 0 Å². The van der Waals surface area contributed by atoms with Crippen LogP contribution in [0.1, 0.15) is 73.7 Å². The topological polar surface area (TPSA) is 103 Å². The zero-order valence-corrected chi connectivity index (χ0v) is 21.8. The Labute approximate surface area is 216 Å². The molecule has 1 aliphatic carbocycles. The summed E-state index contributed by atoms with van der Waals surface area (Å²) < 4.78 is 17.5. The molecule has 1 aliphatic rings. The lowest BCUT2D eigenvalue weighted by Gasteiger charge is -2.30. The normalized spacial score (nSPS) is 15.0. The third-order valence-electron chi connectivity index (χ3n) is 7.13. The summed E-state index contributed by atoms with van der Waals surface area (Å²) in [6.07, 6.45) is 7.72. The van der Waals surface area contributed by atoms with Crippen LogP contribution in [0.2, 0.25) is 0 Å². The first kappa shape index (κ1) is 26.3. The number of pyridine rings is 1. The van der Waals surface area contributed by atoms with E-state index in [9.17, 15) is 14.8 Å². The number of hydrogen-bond acceptors (Lipinski definition) is 4. The van der Waals surface area contributed by atoms with Crippen LogP contribution >= 0.6 is 0 Å². The second-order valence-corrected chi connectivity index (χ2v) is 10.1. The molecule has 2 aromatic heterocycles. The molecule has 1 aromatic carbocycles. The molecule has 1 saturated carbocycles. The molecule has 1 atom stereocenters. The van der Waals surface area contributed by atoms with E-state index in [1.807, 2.05) is 20.8 Å². The van der Waals surface area contributed by atoms with Crippen molar-refractivity contribution in [3.63, 3.8) is 0 Å². The number of anilines is 1. The lowest BCUT2D eigenvalue weighted by Crippen LogP contribution is -2.49. The minimum Gasteiger partial charge on any atom is -0.618 e. The average molecular weight is 508 g/mol. The molecule has 9 heteroatoms. The second-order valence-electron chi connectivity index (χ2n) is 10.1. The maximum atomic E-state index is 15.2. The molecule has 0 spiro atoms. The van der Waals surface area contributed by atoms with E-state index in [4.69, 9.17) is 0 Å². The van der Waals surface area contributed by atoms with Crippen LogP contribution in [0.4, 0.5) is 10.1 Å². The summed E-state index contributed by atoms with van der Waals surface area (Å²) in [5.41, 5.74) is 2.68. The van der Waals surface area contributed by atoms with Gasteiger partial charge in [0.05, 0.1) is 5.56 Å². The highest BCUT2D eigenvalue weighted by Crippen LogP contribution is 2.31. The van der Waals surface area contributed by atoms with Gasteiger partial charge in [0.2, 0.25) is 5.91 Å². The van der Waals surface area contributed by atoms with E-state index >= 15 is 4.39 Å². The maximum absolute atomic E-state index is 15.2. The fourth-order valence-corrected chi connectivity index (χ4v) is 5.18. The number of nitrogens with one attached hydrogen (secondary N) is 2. The van der Waals surface area contributed by atoms with E-state index in [2.05, 4.69) is 15.7 Å². The van der Waals surface area contributed by atoms with Gasteiger partial charge in [0.25, 0.3) is 5.91 Å². The molecule has 3 aromatic rings. The Kier molecular flexibility index (Phi) is 7.90. The first-order valence-corrected chi connectivity index (χ1v) is 12.8. The van der Waals surface area contributed by atoms with Gasteiger partial charge < -0.3 is 15.8 Å². The van der Waals surface area contributed by atoms with Gasteiger partial charge in [0.15, 0.2) is 11.9 Å². The SMILES string of the molecule is Cc1cc[n+]([O-])c(C)c1-c1ccc(NC(=O)[C@@H](NC(=O)c2ccnn2C(C)C)C2CCCCC2)cc1F. The number of rotatable bonds is 7. The molecular formula is C28H34FN5O3. The van der Waals surface area contributed by atoms with Gasteiger partial charge in [0.1, 0.15) is 17.6 Å². The average Bonchev–Trinajstić information content (AvgIpc) is 3.37. The monoisotopic (exact) mass is 507 g/mol. The fraction of sp³-hybridized carbons (Fsp3) is 0.429. The highest BCUT2D eigenvalue weighted by atomic mass is 19.1. The lowest BCUT2D eigenvalue weighted by atomic mass is 9.83. The van der Waals surface area contributed by atoms with Gasteiger partial charge >= 0.3 is 0 Å². The summed E-state index contributed by atoms with van der Waals surface area (Å²) in [4.78, 5) is 26.6. The number of aromatic nitrogens is 3. The van der Waals surface area contributed by atoms with Gasteiger partial charge in [-0.1, -0.05) is 19.3 Å². The van der Waals surface area contributed by atoms with Crippen LogP contribution in [0, 0.1) is 30.8 Å². The standard InChI is InChI=1S/C28H34FN5O3/c1-17(2)34-24(12-14-30-34)27(35)32-26(20-8-6-5-7-9-20)28(36)31-21-10-11-22(23(29)16-21)25-18(3)13-15-33(37)19(25)4/h10-17,20,26H,5-9H2,1-4H3,(H,31,36)(H,32,35)/t26-/m0/s1. The van der Waals surface area contributed by atoms with Crippen LogP contribution < -0.4 is 15.4 Å². The lowest BCUT2D eigenvalue weighted by molar-refractivity contribution is -0.611. The van der Waals surface area contributed by atoms with Crippen molar-refractivity contribution >= 4 is 17.5 Å². The van der Waals surface area contributed by atoms with Gasteiger partial charge in [0, 0.05) is 36.5 Å². The Bertz CT molecular complexity index is 1300. The van der Waals surface area contributed by atoms with Gasteiger partial charge in [-0.2, -0.15) is 9.83 Å². The number of hydrogen-bond donors (Lipinski definition) is 2. The summed E-state index contributed by atoms with van der Waals surface area (Å²) in [5.74, 6) is -1.31. The van der Waals surface area contributed by atoms with Crippen molar-refractivity contribution < 1.29 is 18.7 Å². The van der Waals surface area contributed by atoms with Gasteiger partial charge in [-0.25, -0.2) is 4.39 Å². The molecule has 2 amide bonds. The minimum atomic E-state index is -0.760. The van der Waals surface area contributed by atoms with E-state index in [0.717, 1.165) is 37.7 Å². The Balaban J connectivity index is 1.57. The molecule has 1 fully saturated rings. The number of carbonyl (C=O) groups is 2. The van der Waals surface area contributed by atoms with Crippen molar-refractivity contribution in [3.05, 3.63) is 70.7 Å². The molecule has 2 heterocycles. The molecule has 8 nitrogen and oxygen atoms in total. The molecular weight excluding hydrogens is 473 g/mol. The first-order chi connectivity index (χ1) is 17.7. The molecule has 0 radical (unpaired) electrons. The van der Waals surface area contributed by atoms with E-state index in [0.29, 0.717) is 21.7 Å². The van der Waals surface area contributed by atoms with E-state index in [-0.39, 0.29) is 35.0 Å². The van der Waals surface area contributed by atoms with Gasteiger partial charge in [-0.3, -0.25) is 14.3 Å². The first-order valence-electron chi connectivity index (χ1n) is 12.8. The molecule has 0 bridgehead atoms. The smallest absolute Gasteiger partial charge is 0.270 e. The number of nitrogens with zero attached hydrogens (tertiary/aromatic N) is 3. The number of aryl methyl sites for hydroxylation is 1. The Morgan fingerprint density at radius 1 is 1.14 bits per heavy atom. The van der Waals surface area contributed by atoms with Crippen LogP contribution in [-0.4, -0.2) is 27.6 Å². The summed E-state index contributed by atoms with van der Waals surface area (Å²) in [6, 6.07) is 6.95. The predicted molar refractivity (Wildman–Crippen MR) is 139 cm³/mol. The Morgan fingerprint density at radius 2 is 1.86 bits per heavy atom. The minimum absolute atomic E-state index is 0.00724. The number of halogens is 1. The number of carbonyl (C=O) groups excluding carboxylic acids is 2. The fourth-order valence-electron chi connectivity index (χ4n) is 5.18. The van der Waals surface area contributed by atoms with Gasteiger partial charge in [-0.05, 0) is 69.4 Å². The number of amides is 2. The summed E-state index contributed by atoms with van der Waals surface area (Å²) in [7, 11) is 0. The highest BCUT2D eigenvalue weighted by molar-refractivity contribution is 6.00. The second kappa shape index (κ2) is 11.1. The maximum Gasteiger partial charge on any atom is 0.270 e. The number of benzene rings is 1. The van der Waals surface area contributed by atoms with Crippen molar-refractivity contribution in [1.29, 1.82) is 0 Å². The van der Waals surface area contributed by atoms with Crippen molar-refractivity contribution in [2.45, 2.75) is 71.9 Å². The summed E-state index contributed by atoms with van der Waals surface area (Å²) in [5, 5.41) is 22.0. The molecule has 196 valence electrons. The zero-order chi connectivity index (χ0) is 26.7. The van der Waals surface area contributed by atoms with Crippen LogP contribution in [0.25, 0.3) is 11.1 Å². The Morgan fingerprint density at radius 3 is 2.54 bits per heavy atom. The van der Waals surface area contributed by atoms with E-state index in [1.54, 1.807) is 42.1 Å². The predicted octanol–water partition coefficient (Wildman–Crippen LogP) is 4.84. The van der Waals surface area contributed by atoms with E-state index in [1.165, 1.54) is 12.3 Å². The van der Waals surface area contributed by atoms with Gasteiger partial charge in [-0.15, -0.1) is 0 Å². The third kappa shape index (κ3) is 5.65. The molecule has 37 heavy (non-hydrogen) atoms. The van der Waals surface area contributed by atoms with Crippen LogP contribution in [0.5, 0.6) is 0 Å². The largest absolute Gasteiger partial charge is 0.618 e. The Hall–Kier alpha value is -3.75. The third-order valence-corrected chi connectivity index (χ3v) is 7.13. The molecule has 0 aliphatic heterocycles. The van der Waals surface area contributed by atoms with Crippen molar-refractivity contribution in [2.75, 3.05) is 5.32 Å². The molecule has 0 saturated heterocycles. The van der Waals surface area contributed by atoms with E-state index < -0.39 is 11.9 Å². The molecule has 0 unspecified atom stereocenters. The quantitative estimate of drug-likeness (QED) is 0.353. The summed E-state index contributed by atoms with van der Waals surface area (Å²) >= 11 is 0. The van der Waals surface area contributed by atoms with Crippen molar-refractivity contribution in [1.82, 2.24) is 15.1 Å². The molecule has 4 rings (SSSR count). The van der Waals surface area contributed by atoms with Crippen molar-refractivity contribution in [2.24, 2.45) is 5.92 Å². The van der Waals surface area contributed by atoms with Crippen molar-refractivity contribution in [3.8, 4) is 11.1 Å². The zero-order valence-electron chi connectivity index (χ0n) is 21.8. The highest BCUT2D eigenvalue weighted by Gasteiger charge is 2.32. The van der Waals surface area contributed by atoms with Crippen LogP contribution in [0.15, 0.2) is 42.7 Å².